The summed E-state index contributed by atoms with van der Waals surface area (Å²) in [5, 5.41) is 10.4. The van der Waals surface area contributed by atoms with Crippen LogP contribution in [0.5, 0.6) is 5.88 Å². The molecule has 0 amide bonds. The fourth-order valence-electron chi connectivity index (χ4n) is 1.38. The van der Waals surface area contributed by atoms with Gasteiger partial charge < -0.3 is 9.47 Å². The number of nitro groups is 1. The minimum Gasteiger partial charge on any atom is -0.476 e. The zero-order valence-electron chi connectivity index (χ0n) is 10.8. The lowest BCUT2D eigenvalue weighted by molar-refractivity contribution is -0.386. The first kappa shape index (κ1) is 15.1. The van der Waals surface area contributed by atoms with Crippen LogP contribution in [0.25, 0.3) is 0 Å². The van der Waals surface area contributed by atoms with E-state index in [2.05, 4.69) is 9.97 Å². The smallest absolute Gasteiger partial charge is 0.367 e. The Balaban J connectivity index is 3.37. The van der Waals surface area contributed by atoms with E-state index in [4.69, 9.17) is 21.1 Å². The van der Waals surface area contributed by atoms with Gasteiger partial charge in [-0.3, -0.25) is 14.9 Å². The average Bonchev–Trinajstić information content (AvgIpc) is 2.25. The molecule has 19 heavy (non-hydrogen) atoms. The third-order valence-electron chi connectivity index (χ3n) is 2.12. The molecule has 1 heterocycles. The van der Waals surface area contributed by atoms with E-state index in [0.29, 0.717) is 0 Å². The predicted molar refractivity (Wildman–Crippen MR) is 65.0 cm³/mol. The van der Waals surface area contributed by atoms with Crippen LogP contribution in [0.1, 0.15) is 26.6 Å². The van der Waals surface area contributed by atoms with Crippen LogP contribution in [0.2, 0.25) is 5.15 Å². The number of hydrogen-bond donors (Lipinski definition) is 0. The van der Waals surface area contributed by atoms with Crippen molar-refractivity contribution in [2.24, 2.45) is 0 Å². The second-order valence-electron chi connectivity index (χ2n) is 4.06. The summed E-state index contributed by atoms with van der Waals surface area (Å²) < 4.78 is 9.84. The molecule has 0 aliphatic carbocycles. The molecule has 9 heteroatoms. The minimum absolute atomic E-state index is 0.00940. The predicted octanol–water partition coefficient (Wildman–Crippen LogP) is 1.84. The van der Waals surface area contributed by atoms with E-state index >= 15 is 0 Å². The summed E-state index contributed by atoms with van der Waals surface area (Å²) >= 11 is 5.74. The van der Waals surface area contributed by atoms with Crippen molar-refractivity contribution >= 4 is 23.3 Å². The Morgan fingerprint density at radius 1 is 1.42 bits per heavy atom. The van der Waals surface area contributed by atoms with Crippen LogP contribution in [0, 0.1) is 10.1 Å². The van der Waals surface area contributed by atoms with Crippen LogP contribution in [0.4, 0.5) is 5.69 Å². The molecule has 0 saturated heterocycles. The summed E-state index contributed by atoms with van der Waals surface area (Å²) in [6, 6.07) is 0. The largest absolute Gasteiger partial charge is 0.476 e. The Kier molecular flexibility index (Phi) is 4.25. The second kappa shape index (κ2) is 5.35. The molecule has 0 N–H and O–H groups in total. The highest BCUT2D eigenvalue weighted by Gasteiger charge is 2.33. The van der Waals surface area contributed by atoms with Gasteiger partial charge in [0.25, 0.3) is 5.88 Å². The topological polar surface area (TPSA) is 104 Å². The second-order valence-corrected chi connectivity index (χ2v) is 4.41. The van der Waals surface area contributed by atoms with E-state index in [0.717, 1.165) is 0 Å². The molecule has 0 radical (unpaired) electrons. The van der Waals surface area contributed by atoms with Gasteiger partial charge in [-0.15, -0.1) is 0 Å². The van der Waals surface area contributed by atoms with Crippen LogP contribution in [-0.2, 0) is 15.1 Å². The number of ether oxygens (including phenoxy) is 2. The number of esters is 1. The summed E-state index contributed by atoms with van der Waals surface area (Å²) in [6.45, 7) is 4.29. The van der Waals surface area contributed by atoms with Crippen molar-refractivity contribution < 1.29 is 19.2 Å². The number of carbonyl (C=O) groups is 1. The lowest BCUT2D eigenvalue weighted by atomic mass is 10.1. The van der Waals surface area contributed by atoms with Crippen molar-refractivity contribution in [3.05, 3.63) is 21.1 Å². The minimum atomic E-state index is -1.18. The zero-order valence-corrected chi connectivity index (χ0v) is 11.5. The molecule has 0 spiro atoms. The highest BCUT2D eigenvalue weighted by Crippen LogP contribution is 2.34. The maximum Gasteiger partial charge on any atom is 0.367 e. The summed E-state index contributed by atoms with van der Waals surface area (Å²) in [7, 11) is 1.22. The fourth-order valence-corrected chi connectivity index (χ4v) is 1.61. The molecule has 1 aromatic rings. The van der Waals surface area contributed by atoms with E-state index in [-0.39, 0.29) is 16.9 Å². The fraction of sp³-hybridized carbons (Fsp3) is 0.500. The van der Waals surface area contributed by atoms with E-state index in [1.54, 1.807) is 0 Å². The van der Waals surface area contributed by atoms with Gasteiger partial charge in [-0.2, -0.15) is 4.98 Å². The van der Waals surface area contributed by atoms with Gasteiger partial charge in [0, 0.05) is 6.92 Å². The number of halogens is 1. The standard InChI is InChI=1S/C10H12ClN3O5/c1-5(15)19-10(2,3)9-12-7(11)6(14(16)17)8(13-9)18-4/h1-4H3. The van der Waals surface area contributed by atoms with Gasteiger partial charge in [0.05, 0.1) is 12.0 Å². The molecule has 8 nitrogen and oxygen atoms in total. The monoisotopic (exact) mass is 289 g/mol. The molecule has 0 aliphatic rings. The van der Waals surface area contributed by atoms with E-state index in [9.17, 15) is 14.9 Å². The van der Waals surface area contributed by atoms with Gasteiger partial charge in [0.1, 0.15) is 0 Å². The molecule has 0 aliphatic heterocycles. The Morgan fingerprint density at radius 3 is 2.42 bits per heavy atom. The number of hydrogen-bond acceptors (Lipinski definition) is 7. The molecule has 104 valence electrons. The van der Waals surface area contributed by atoms with Gasteiger partial charge in [0.15, 0.2) is 11.4 Å². The molecule has 0 unspecified atom stereocenters. The molecule has 0 atom stereocenters. The molecular weight excluding hydrogens is 278 g/mol. The Bertz CT molecular complexity index is 532. The summed E-state index contributed by atoms with van der Waals surface area (Å²) in [4.78, 5) is 28.7. The van der Waals surface area contributed by atoms with Gasteiger partial charge in [0.2, 0.25) is 5.15 Å². The molecule has 0 saturated carbocycles. The average molecular weight is 290 g/mol. The first-order chi connectivity index (χ1) is 8.69. The van der Waals surface area contributed by atoms with Crippen LogP contribution >= 0.6 is 11.6 Å². The normalized spacial score (nSPS) is 11.0. The Labute approximate surface area is 113 Å². The van der Waals surface area contributed by atoms with Crippen LogP contribution in [0.3, 0.4) is 0 Å². The van der Waals surface area contributed by atoms with Gasteiger partial charge in [-0.25, -0.2) is 4.98 Å². The van der Waals surface area contributed by atoms with Crippen LogP contribution in [-0.4, -0.2) is 28.0 Å². The molecule has 0 fully saturated rings. The lowest BCUT2D eigenvalue weighted by Gasteiger charge is -2.22. The van der Waals surface area contributed by atoms with E-state index in [1.165, 1.54) is 27.9 Å². The maximum absolute atomic E-state index is 11.0. The highest BCUT2D eigenvalue weighted by molar-refractivity contribution is 6.31. The summed E-state index contributed by atoms with van der Waals surface area (Å²) in [5.74, 6) is -0.822. The van der Waals surface area contributed by atoms with Crippen molar-refractivity contribution in [2.45, 2.75) is 26.4 Å². The third kappa shape index (κ3) is 3.28. The van der Waals surface area contributed by atoms with Crippen molar-refractivity contribution in [1.29, 1.82) is 0 Å². The van der Waals surface area contributed by atoms with Gasteiger partial charge in [-0.05, 0) is 13.8 Å². The van der Waals surface area contributed by atoms with E-state index < -0.39 is 22.2 Å². The quantitative estimate of drug-likeness (QED) is 0.360. The lowest BCUT2D eigenvalue weighted by Crippen LogP contribution is -2.27. The van der Waals surface area contributed by atoms with Crippen molar-refractivity contribution in [3.63, 3.8) is 0 Å². The molecule has 0 bridgehead atoms. The number of methoxy groups -OCH3 is 1. The van der Waals surface area contributed by atoms with Crippen molar-refractivity contribution in [1.82, 2.24) is 9.97 Å². The number of carbonyl (C=O) groups excluding carboxylic acids is 1. The Morgan fingerprint density at radius 2 is 2.00 bits per heavy atom. The molecular formula is C10H12ClN3O5. The van der Waals surface area contributed by atoms with Gasteiger partial charge >= 0.3 is 11.7 Å². The number of aromatic nitrogens is 2. The number of nitrogens with zero attached hydrogens (tertiary/aromatic N) is 3. The van der Waals surface area contributed by atoms with Crippen molar-refractivity contribution in [2.75, 3.05) is 7.11 Å². The van der Waals surface area contributed by atoms with Crippen LogP contribution < -0.4 is 4.74 Å². The third-order valence-corrected chi connectivity index (χ3v) is 2.39. The maximum atomic E-state index is 11.0. The zero-order chi connectivity index (χ0) is 14.8. The summed E-state index contributed by atoms with van der Waals surface area (Å²) in [6.07, 6.45) is 0. The van der Waals surface area contributed by atoms with Crippen molar-refractivity contribution in [3.8, 4) is 5.88 Å². The summed E-state index contributed by atoms with van der Waals surface area (Å²) in [5.41, 5.74) is -1.72. The highest BCUT2D eigenvalue weighted by atomic mass is 35.5. The van der Waals surface area contributed by atoms with E-state index in [1.807, 2.05) is 0 Å². The SMILES string of the molecule is COc1nc(C(C)(C)OC(C)=O)nc(Cl)c1[N+](=O)[O-]. The first-order valence-electron chi connectivity index (χ1n) is 5.15. The van der Waals surface area contributed by atoms with Crippen LogP contribution in [0.15, 0.2) is 0 Å². The van der Waals surface area contributed by atoms with Gasteiger partial charge in [-0.1, -0.05) is 11.6 Å². The Hall–Kier alpha value is -1.96. The molecule has 0 aromatic carbocycles. The first-order valence-corrected chi connectivity index (χ1v) is 5.52. The molecule has 1 aromatic heterocycles. The molecule has 1 rings (SSSR count). The number of rotatable bonds is 4.